The van der Waals surface area contributed by atoms with Crippen molar-refractivity contribution in [1.29, 1.82) is 0 Å². The van der Waals surface area contributed by atoms with Gasteiger partial charge in [0.1, 0.15) is 12.4 Å². The van der Waals surface area contributed by atoms with E-state index in [-0.39, 0.29) is 0 Å². The van der Waals surface area contributed by atoms with Gasteiger partial charge in [-0.15, -0.1) is 0 Å². The average molecular weight is 294 g/mol. The van der Waals surface area contributed by atoms with Crippen molar-refractivity contribution in [3.63, 3.8) is 0 Å². The number of aromatic nitrogens is 1. The first-order valence-corrected chi connectivity index (χ1v) is 7.70. The molecule has 3 aromatic rings. The molecule has 0 bridgehead atoms. The quantitative estimate of drug-likeness (QED) is 0.763. The molecule has 1 aromatic heterocycles. The molecule has 0 fully saturated rings. The first-order chi connectivity index (χ1) is 10.7. The predicted octanol–water partition coefficient (Wildman–Crippen LogP) is 4.26. The lowest BCUT2D eigenvalue weighted by Crippen LogP contribution is -2.08. The number of nitrogens with zero attached hydrogens (tertiary/aromatic N) is 1. The van der Waals surface area contributed by atoms with Gasteiger partial charge in [0.25, 0.3) is 0 Å². The van der Waals surface area contributed by atoms with E-state index in [2.05, 4.69) is 42.7 Å². The van der Waals surface area contributed by atoms with Gasteiger partial charge in [-0.2, -0.15) is 0 Å². The molecule has 0 saturated carbocycles. The van der Waals surface area contributed by atoms with E-state index in [0.29, 0.717) is 19.2 Å². The van der Waals surface area contributed by atoms with Crippen LogP contribution < -0.4 is 10.5 Å². The highest BCUT2D eigenvalue weighted by atomic mass is 16.5. The van der Waals surface area contributed by atoms with E-state index in [1.807, 2.05) is 30.3 Å². The summed E-state index contributed by atoms with van der Waals surface area (Å²) in [4.78, 5) is 0. The summed E-state index contributed by atoms with van der Waals surface area (Å²) in [7, 11) is 0. The van der Waals surface area contributed by atoms with E-state index in [9.17, 15) is 0 Å². The van der Waals surface area contributed by atoms with Crippen LogP contribution in [-0.4, -0.2) is 4.57 Å². The number of para-hydroxylation sites is 1. The van der Waals surface area contributed by atoms with Crippen molar-refractivity contribution in [2.75, 3.05) is 0 Å². The van der Waals surface area contributed by atoms with Gasteiger partial charge in [0.2, 0.25) is 0 Å². The Morgan fingerprint density at radius 1 is 1.05 bits per heavy atom. The van der Waals surface area contributed by atoms with Crippen LogP contribution in [-0.2, 0) is 13.2 Å². The minimum atomic E-state index is 0.375. The van der Waals surface area contributed by atoms with Gasteiger partial charge in [-0.25, -0.2) is 0 Å². The molecule has 3 heteroatoms. The number of fused-ring (bicyclic) bond motifs is 1. The van der Waals surface area contributed by atoms with Gasteiger partial charge in [-0.3, -0.25) is 0 Å². The summed E-state index contributed by atoms with van der Waals surface area (Å²) in [5.41, 5.74) is 9.46. The number of rotatable bonds is 5. The monoisotopic (exact) mass is 294 g/mol. The molecule has 0 spiro atoms. The molecule has 0 radical (unpaired) electrons. The van der Waals surface area contributed by atoms with Crippen LogP contribution in [0.2, 0.25) is 0 Å². The molecule has 22 heavy (non-hydrogen) atoms. The summed E-state index contributed by atoms with van der Waals surface area (Å²) < 4.78 is 8.26. The summed E-state index contributed by atoms with van der Waals surface area (Å²) in [6.07, 6.45) is 0. The number of benzene rings is 2. The molecule has 3 rings (SSSR count). The van der Waals surface area contributed by atoms with Gasteiger partial charge in [0.15, 0.2) is 0 Å². The van der Waals surface area contributed by atoms with Gasteiger partial charge in [0, 0.05) is 23.5 Å². The Balaban J connectivity index is 1.99. The van der Waals surface area contributed by atoms with Crippen LogP contribution in [0.4, 0.5) is 0 Å². The summed E-state index contributed by atoms with van der Waals surface area (Å²) in [5.74, 6) is 0.891. The molecular formula is C19H22N2O. The van der Waals surface area contributed by atoms with Gasteiger partial charge >= 0.3 is 0 Å². The van der Waals surface area contributed by atoms with E-state index in [0.717, 1.165) is 5.75 Å². The lowest BCUT2D eigenvalue weighted by atomic mass is 10.1. The van der Waals surface area contributed by atoms with Crippen LogP contribution in [0.25, 0.3) is 10.9 Å². The first-order valence-electron chi connectivity index (χ1n) is 7.70. The minimum Gasteiger partial charge on any atom is -0.487 e. The molecule has 3 nitrogen and oxygen atoms in total. The molecule has 0 aliphatic carbocycles. The number of ether oxygens (including phenoxy) is 1. The van der Waals surface area contributed by atoms with Crippen molar-refractivity contribution in [2.45, 2.75) is 33.0 Å². The van der Waals surface area contributed by atoms with E-state index in [1.54, 1.807) is 0 Å². The second kappa shape index (κ2) is 6.24. The Hall–Kier alpha value is -2.26. The van der Waals surface area contributed by atoms with Crippen LogP contribution in [0.3, 0.4) is 0 Å². The average Bonchev–Trinajstić information content (AvgIpc) is 2.92. The summed E-state index contributed by atoms with van der Waals surface area (Å²) in [6.45, 7) is 5.50. The zero-order valence-corrected chi connectivity index (χ0v) is 13.1. The van der Waals surface area contributed by atoms with Crippen molar-refractivity contribution in [3.05, 3.63) is 65.9 Å². The van der Waals surface area contributed by atoms with E-state index >= 15 is 0 Å². The Morgan fingerprint density at radius 2 is 1.82 bits per heavy atom. The fraction of sp³-hybridized carbons (Fsp3) is 0.263. The molecule has 0 unspecified atom stereocenters. The van der Waals surface area contributed by atoms with E-state index in [4.69, 9.17) is 10.5 Å². The fourth-order valence-corrected chi connectivity index (χ4v) is 2.94. The van der Waals surface area contributed by atoms with Crippen LogP contribution in [0.15, 0.2) is 54.6 Å². The summed E-state index contributed by atoms with van der Waals surface area (Å²) >= 11 is 0. The molecule has 114 valence electrons. The third-order valence-electron chi connectivity index (χ3n) is 3.92. The van der Waals surface area contributed by atoms with Crippen LogP contribution in [0, 0.1) is 0 Å². The Morgan fingerprint density at radius 3 is 2.50 bits per heavy atom. The van der Waals surface area contributed by atoms with Crippen molar-refractivity contribution < 1.29 is 4.74 Å². The zero-order valence-electron chi connectivity index (χ0n) is 13.1. The maximum atomic E-state index is 5.93. The fourth-order valence-electron chi connectivity index (χ4n) is 2.94. The molecule has 0 saturated heterocycles. The third-order valence-corrected chi connectivity index (χ3v) is 3.92. The first kappa shape index (κ1) is 14.7. The number of hydrogen-bond acceptors (Lipinski definition) is 2. The smallest absolute Gasteiger partial charge is 0.128 e. The highest BCUT2D eigenvalue weighted by molar-refractivity contribution is 5.85. The highest BCUT2D eigenvalue weighted by Gasteiger charge is 2.13. The van der Waals surface area contributed by atoms with Crippen molar-refractivity contribution in [1.82, 2.24) is 4.57 Å². The minimum absolute atomic E-state index is 0.375. The lowest BCUT2D eigenvalue weighted by Gasteiger charge is -2.15. The van der Waals surface area contributed by atoms with Gasteiger partial charge < -0.3 is 15.0 Å². The topological polar surface area (TPSA) is 40.2 Å². The van der Waals surface area contributed by atoms with Crippen LogP contribution in [0.1, 0.15) is 31.1 Å². The van der Waals surface area contributed by atoms with Crippen LogP contribution >= 0.6 is 0 Å². The standard InChI is InChI=1S/C19H22N2O/c1-14(2)21-16(13-22-17-8-4-3-5-9-17)11-18-15(12-20)7-6-10-19(18)21/h3-11,14H,12-13,20H2,1-2H3. The Bertz CT molecular complexity index is 760. The molecule has 0 amide bonds. The lowest BCUT2D eigenvalue weighted by molar-refractivity contribution is 0.293. The molecule has 1 heterocycles. The Labute approximate surface area is 131 Å². The van der Waals surface area contributed by atoms with Crippen molar-refractivity contribution in [2.24, 2.45) is 5.73 Å². The van der Waals surface area contributed by atoms with E-state index in [1.165, 1.54) is 22.2 Å². The molecular weight excluding hydrogens is 272 g/mol. The molecule has 0 atom stereocenters. The Kier molecular flexibility index (Phi) is 4.16. The summed E-state index contributed by atoms with van der Waals surface area (Å²) in [6, 6.07) is 18.8. The highest BCUT2D eigenvalue weighted by Crippen LogP contribution is 2.27. The number of nitrogens with two attached hydrogens (primary N) is 1. The zero-order chi connectivity index (χ0) is 15.5. The predicted molar refractivity (Wildman–Crippen MR) is 91.0 cm³/mol. The van der Waals surface area contributed by atoms with Gasteiger partial charge in [-0.05, 0) is 43.7 Å². The largest absolute Gasteiger partial charge is 0.487 e. The molecule has 0 aliphatic rings. The summed E-state index contributed by atoms with van der Waals surface area (Å²) in [5, 5.41) is 1.23. The second-order valence-corrected chi connectivity index (χ2v) is 5.76. The van der Waals surface area contributed by atoms with Crippen LogP contribution in [0.5, 0.6) is 5.75 Å². The maximum absolute atomic E-state index is 5.93. The number of hydrogen-bond donors (Lipinski definition) is 1. The molecule has 2 N–H and O–H groups in total. The third kappa shape index (κ3) is 2.72. The van der Waals surface area contributed by atoms with Crippen molar-refractivity contribution >= 4 is 10.9 Å². The SMILES string of the molecule is CC(C)n1c(COc2ccccc2)cc2c(CN)cccc21. The molecule has 2 aromatic carbocycles. The maximum Gasteiger partial charge on any atom is 0.128 e. The van der Waals surface area contributed by atoms with Gasteiger partial charge in [0.05, 0.1) is 5.69 Å². The van der Waals surface area contributed by atoms with Gasteiger partial charge in [-0.1, -0.05) is 30.3 Å². The normalized spacial score (nSPS) is 11.3. The van der Waals surface area contributed by atoms with E-state index < -0.39 is 0 Å². The van der Waals surface area contributed by atoms with Crippen molar-refractivity contribution in [3.8, 4) is 5.75 Å². The second-order valence-electron chi connectivity index (χ2n) is 5.76. The molecule has 0 aliphatic heterocycles.